The van der Waals surface area contributed by atoms with Crippen LogP contribution in [0.4, 0.5) is 5.69 Å². The van der Waals surface area contributed by atoms with Gasteiger partial charge in [0.2, 0.25) is 11.8 Å². The Morgan fingerprint density at radius 3 is 2.87 bits per heavy atom. The minimum absolute atomic E-state index is 0.000201. The maximum atomic E-state index is 13.2. The quantitative estimate of drug-likeness (QED) is 0.671. The molecule has 3 amide bonds. The summed E-state index contributed by atoms with van der Waals surface area (Å²) >= 11 is 5.27. The highest BCUT2D eigenvalue weighted by atomic mass is 32.1. The molecule has 1 aromatic carbocycles. The molecule has 162 valence electrons. The third-order valence-electron chi connectivity index (χ3n) is 6.44. The van der Waals surface area contributed by atoms with Crippen LogP contribution in [-0.4, -0.2) is 49.6 Å². The molecule has 0 bridgehead atoms. The van der Waals surface area contributed by atoms with E-state index < -0.39 is 5.66 Å². The third-order valence-corrected chi connectivity index (χ3v) is 6.73. The van der Waals surface area contributed by atoms with Crippen LogP contribution in [0.5, 0.6) is 0 Å². The van der Waals surface area contributed by atoms with E-state index in [0.29, 0.717) is 40.7 Å². The number of benzene rings is 1. The van der Waals surface area contributed by atoms with Crippen LogP contribution in [0.1, 0.15) is 61.3 Å². The molecule has 2 aliphatic heterocycles. The van der Waals surface area contributed by atoms with Crippen LogP contribution < -0.4 is 10.2 Å². The Morgan fingerprint density at radius 2 is 2.10 bits per heavy atom. The van der Waals surface area contributed by atoms with Crippen molar-refractivity contribution in [2.45, 2.75) is 57.3 Å². The summed E-state index contributed by atoms with van der Waals surface area (Å²) in [5.41, 5.74) is 0.397. The zero-order chi connectivity index (χ0) is 21.8. The number of amides is 3. The largest absolute Gasteiger partial charge is 0.349 e. The van der Waals surface area contributed by atoms with Crippen LogP contribution in [0.25, 0.3) is 0 Å². The molecule has 31 heavy (non-hydrogen) atoms. The summed E-state index contributed by atoms with van der Waals surface area (Å²) in [6, 6.07) is 7.53. The van der Waals surface area contributed by atoms with E-state index in [-0.39, 0.29) is 37.2 Å². The van der Waals surface area contributed by atoms with Gasteiger partial charge in [-0.1, -0.05) is 12.1 Å². The standard InChI is InChI=1S/C21H24N6O3S/c1-21-10-8-18(29)27(21)15-5-3-2-4-14(15)19(30)25(21)11-9-17(28)22-12-16-23-24-20(31)26(16)13-6-7-13/h2-5,13H,6-12H2,1H3,(H,22,28)(H,24,31). The van der Waals surface area contributed by atoms with Crippen molar-refractivity contribution in [1.29, 1.82) is 0 Å². The number of nitrogens with zero attached hydrogens (tertiary/aromatic N) is 4. The number of hydrogen-bond acceptors (Lipinski definition) is 5. The molecule has 2 fully saturated rings. The number of rotatable bonds is 6. The number of anilines is 1. The Bertz CT molecular complexity index is 1140. The van der Waals surface area contributed by atoms with Gasteiger partial charge in [0.15, 0.2) is 10.6 Å². The summed E-state index contributed by atoms with van der Waals surface area (Å²) in [6.45, 7) is 2.41. The number of aromatic amines is 1. The van der Waals surface area contributed by atoms with Crippen molar-refractivity contribution in [2.24, 2.45) is 0 Å². The average molecular weight is 441 g/mol. The van der Waals surface area contributed by atoms with Gasteiger partial charge in [-0.05, 0) is 50.5 Å². The Kier molecular flexibility index (Phi) is 4.69. The molecular weight excluding hydrogens is 416 g/mol. The Balaban J connectivity index is 1.29. The summed E-state index contributed by atoms with van der Waals surface area (Å²) in [5, 5.41) is 9.89. The molecule has 1 unspecified atom stereocenters. The van der Waals surface area contributed by atoms with E-state index in [1.165, 1.54) is 0 Å². The molecule has 0 radical (unpaired) electrons. The predicted octanol–water partition coefficient (Wildman–Crippen LogP) is 2.28. The third kappa shape index (κ3) is 3.25. The normalized spacial score (nSPS) is 22.5. The van der Waals surface area contributed by atoms with E-state index in [1.807, 2.05) is 23.6 Å². The summed E-state index contributed by atoms with van der Waals surface area (Å²) in [5.74, 6) is 0.386. The van der Waals surface area contributed by atoms with Gasteiger partial charge in [-0.15, -0.1) is 0 Å². The van der Waals surface area contributed by atoms with E-state index in [0.717, 1.165) is 12.8 Å². The highest BCUT2D eigenvalue weighted by Gasteiger charge is 2.52. The summed E-state index contributed by atoms with van der Waals surface area (Å²) in [7, 11) is 0. The number of aromatic nitrogens is 3. The molecule has 1 atom stereocenters. The second-order valence-corrected chi connectivity index (χ2v) is 8.88. The molecule has 1 saturated heterocycles. The molecule has 3 aliphatic rings. The minimum atomic E-state index is -0.753. The number of nitrogens with one attached hydrogen (secondary N) is 2. The molecule has 3 heterocycles. The number of para-hydroxylation sites is 1. The van der Waals surface area contributed by atoms with E-state index >= 15 is 0 Å². The van der Waals surface area contributed by atoms with E-state index in [1.54, 1.807) is 21.9 Å². The predicted molar refractivity (Wildman–Crippen MR) is 115 cm³/mol. The first kappa shape index (κ1) is 19.9. The monoisotopic (exact) mass is 440 g/mol. The molecule has 10 heteroatoms. The van der Waals surface area contributed by atoms with Gasteiger partial charge in [0.05, 0.1) is 17.8 Å². The fourth-order valence-electron chi connectivity index (χ4n) is 4.69. The van der Waals surface area contributed by atoms with Crippen molar-refractivity contribution in [2.75, 3.05) is 11.4 Å². The lowest BCUT2D eigenvalue weighted by Crippen LogP contribution is -2.62. The lowest BCUT2D eigenvalue weighted by Gasteiger charge is -2.48. The minimum Gasteiger partial charge on any atom is -0.349 e. The number of carbonyl (C=O) groups excluding carboxylic acids is 3. The summed E-state index contributed by atoms with van der Waals surface area (Å²) in [4.78, 5) is 41.8. The van der Waals surface area contributed by atoms with Crippen LogP contribution in [0, 0.1) is 4.77 Å². The molecule has 2 N–H and O–H groups in total. The molecule has 0 spiro atoms. The van der Waals surface area contributed by atoms with Crippen LogP contribution >= 0.6 is 12.2 Å². The van der Waals surface area contributed by atoms with Crippen molar-refractivity contribution in [3.8, 4) is 0 Å². The lowest BCUT2D eigenvalue weighted by atomic mass is 9.98. The van der Waals surface area contributed by atoms with Gasteiger partial charge < -0.3 is 10.2 Å². The molecule has 1 aliphatic carbocycles. The van der Waals surface area contributed by atoms with Crippen LogP contribution in [0.15, 0.2) is 24.3 Å². The van der Waals surface area contributed by atoms with E-state index in [2.05, 4.69) is 15.5 Å². The lowest BCUT2D eigenvalue weighted by molar-refractivity contribution is -0.121. The number of fused-ring (bicyclic) bond motifs is 3. The van der Waals surface area contributed by atoms with Gasteiger partial charge in [-0.25, -0.2) is 0 Å². The second-order valence-electron chi connectivity index (χ2n) is 8.49. The van der Waals surface area contributed by atoms with Crippen molar-refractivity contribution in [1.82, 2.24) is 25.0 Å². The van der Waals surface area contributed by atoms with Gasteiger partial charge >= 0.3 is 0 Å². The first-order chi connectivity index (χ1) is 14.9. The zero-order valence-electron chi connectivity index (χ0n) is 17.3. The molecule has 2 aromatic rings. The second kappa shape index (κ2) is 7.30. The fourth-order valence-corrected chi connectivity index (χ4v) is 4.99. The maximum Gasteiger partial charge on any atom is 0.257 e. The van der Waals surface area contributed by atoms with Crippen LogP contribution in [0.3, 0.4) is 0 Å². The zero-order valence-corrected chi connectivity index (χ0v) is 18.1. The maximum absolute atomic E-state index is 13.2. The van der Waals surface area contributed by atoms with Crippen molar-refractivity contribution < 1.29 is 14.4 Å². The number of H-pyrrole nitrogens is 1. The van der Waals surface area contributed by atoms with Gasteiger partial charge in [0.25, 0.3) is 5.91 Å². The summed E-state index contributed by atoms with van der Waals surface area (Å²) < 4.78 is 2.53. The number of carbonyl (C=O) groups is 3. The van der Waals surface area contributed by atoms with Gasteiger partial charge in [-0.3, -0.25) is 28.9 Å². The Hall–Kier alpha value is -3.01. The molecule has 1 saturated carbocycles. The van der Waals surface area contributed by atoms with Crippen molar-refractivity contribution in [3.05, 3.63) is 40.4 Å². The molecule has 1 aromatic heterocycles. The van der Waals surface area contributed by atoms with Crippen molar-refractivity contribution >= 4 is 35.6 Å². The van der Waals surface area contributed by atoms with Crippen LogP contribution in [-0.2, 0) is 16.1 Å². The van der Waals surface area contributed by atoms with Crippen LogP contribution in [0.2, 0.25) is 0 Å². The average Bonchev–Trinajstić information content (AvgIpc) is 3.45. The first-order valence-electron chi connectivity index (χ1n) is 10.6. The van der Waals surface area contributed by atoms with Gasteiger partial charge in [-0.2, -0.15) is 5.10 Å². The fraction of sp³-hybridized carbons (Fsp3) is 0.476. The Labute approximate surface area is 184 Å². The summed E-state index contributed by atoms with van der Waals surface area (Å²) in [6.07, 6.45) is 3.21. The Morgan fingerprint density at radius 1 is 1.32 bits per heavy atom. The van der Waals surface area contributed by atoms with E-state index in [9.17, 15) is 14.4 Å². The first-order valence-corrected chi connectivity index (χ1v) is 11.0. The van der Waals surface area contributed by atoms with Gasteiger partial charge in [0, 0.05) is 25.4 Å². The number of hydrogen-bond donors (Lipinski definition) is 2. The van der Waals surface area contributed by atoms with Crippen molar-refractivity contribution in [3.63, 3.8) is 0 Å². The highest BCUT2D eigenvalue weighted by Crippen LogP contribution is 2.44. The molecule has 5 rings (SSSR count). The van der Waals surface area contributed by atoms with Gasteiger partial charge in [0.1, 0.15) is 5.66 Å². The SMILES string of the molecule is CC12CCC(=O)N1c1ccccc1C(=O)N2CCC(=O)NCc1n[nH]c(=S)n1C1CC1. The highest BCUT2D eigenvalue weighted by molar-refractivity contribution is 7.71. The van der Waals surface area contributed by atoms with E-state index in [4.69, 9.17) is 12.2 Å². The molecule has 9 nitrogen and oxygen atoms in total. The smallest absolute Gasteiger partial charge is 0.257 e. The topological polar surface area (TPSA) is 103 Å². The molecular formula is C21H24N6O3S.